The number of imide groups is 1. The van der Waals surface area contributed by atoms with Gasteiger partial charge in [0.25, 0.3) is 0 Å². The number of carbonyl (C=O) groups is 4. The number of rotatable bonds is 6. The molecule has 1 aromatic rings. The Bertz CT molecular complexity index is 926. The summed E-state index contributed by atoms with van der Waals surface area (Å²) in [6.45, 7) is 0. The highest BCUT2D eigenvalue weighted by atomic mass is 16.5. The first-order chi connectivity index (χ1) is 14.8. The molecule has 0 radical (unpaired) electrons. The van der Waals surface area contributed by atoms with Crippen molar-refractivity contribution in [3.63, 3.8) is 0 Å². The molecule has 9 heteroatoms. The lowest BCUT2D eigenvalue weighted by molar-refractivity contribution is -0.156. The molecule has 1 aromatic carbocycles. The first kappa shape index (κ1) is 21.3. The third-order valence-electron chi connectivity index (χ3n) is 6.91. The summed E-state index contributed by atoms with van der Waals surface area (Å²) in [5.41, 5.74) is -1.56. The van der Waals surface area contributed by atoms with E-state index in [4.69, 9.17) is 4.74 Å². The van der Waals surface area contributed by atoms with E-state index < -0.39 is 53.6 Å². The lowest BCUT2D eigenvalue weighted by Crippen LogP contribution is -2.57. The minimum atomic E-state index is -2.09. The van der Waals surface area contributed by atoms with E-state index >= 15 is 0 Å². The van der Waals surface area contributed by atoms with Gasteiger partial charge in [-0.1, -0.05) is 37.5 Å². The molecule has 0 bridgehead atoms. The van der Waals surface area contributed by atoms with Crippen LogP contribution in [0.1, 0.15) is 50.1 Å². The number of nitrogens with one attached hydrogen (secondary N) is 1. The summed E-state index contributed by atoms with van der Waals surface area (Å²) in [5, 5.41) is 22.5. The topological polar surface area (TPSA) is 133 Å². The first-order valence-electron chi connectivity index (χ1n) is 10.5. The number of benzene rings is 1. The summed E-state index contributed by atoms with van der Waals surface area (Å²) < 4.78 is 5.41. The van der Waals surface area contributed by atoms with Crippen LogP contribution in [0.2, 0.25) is 0 Å². The molecular weight excluding hydrogens is 404 g/mol. The normalized spacial score (nSPS) is 31.0. The van der Waals surface area contributed by atoms with E-state index in [1.54, 1.807) is 24.3 Å². The molecule has 4 atom stereocenters. The van der Waals surface area contributed by atoms with Gasteiger partial charge >= 0.3 is 11.9 Å². The minimum Gasteiger partial charge on any atom is -0.496 e. The fourth-order valence-electron chi connectivity index (χ4n) is 5.59. The Labute approximate surface area is 179 Å². The van der Waals surface area contributed by atoms with Gasteiger partial charge in [0.2, 0.25) is 11.8 Å². The monoisotopic (exact) mass is 430 g/mol. The summed E-state index contributed by atoms with van der Waals surface area (Å²) in [6.07, 6.45) is 3.37. The van der Waals surface area contributed by atoms with E-state index in [1.165, 1.54) is 12.0 Å². The van der Waals surface area contributed by atoms with Gasteiger partial charge in [0.15, 0.2) is 0 Å². The average Bonchev–Trinajstić information content (AvgIpc) is 3.22. The van der Waals surface area contributed by atoms with Crippen LogP contribution < -0.4 is 10.1 Å². The van der Waals surface area contributed by atoms with Crippen molar-refractivity contribution < 1.29 is 34.1 Å². The number of amides is 2. The second-order valence-corrected chi connectivity index (χ2v) is 8.55. The zero-order chi connectivity index (χ0) is 22.3. The number of methoxy groups -OCH3 is 1. The predicted octanol–water partition coefficient (Wildman–Crippen LogP) is 1.57. The maximum absolute atomic E-state index is 13.6. The van der Waals surface area contributed by atoms with Crippen LogP contribution in [-0.4, -0.2) is 57.6 Å². The number of ether oxygens (including phenoxy) is 1. The second kappa shape index (κ2) is 7.96. The van der Waals surface area contributed by atoms with Crippen LogP contribution >= 0.6 is 0 Å². The zero-order valence-electron chi connectivity index (χ0n) is 17.2. The molecule has 2 amide bonds. The van der Waals surface area contributed by atoms with Gasteiger partial charge in [0.1, 0.15) is 11.3 Å². The Balaban J connectivity index is 1.84. The largest absolute Gasteiger partial charge is 0.496 e. The molecule has 1 saturated carbocycles. The molecule has 0 aromatic heterocycles. The van der Waals surface area contributed by atoms with Gasteiger partial charge in [0.05, 0.1) is 25.4 Å². The Morgan fingerprint density at radius 1 is 1.13 bits per heavy atom. The van der Waals surface area contributed by atoms with Gasteiger partial charge in [-0.2, -0.15) is 0 Å². The van der Waals surface area contributed by atoms with Crippen molar-refractivity contribution >= 4 is 23.8 Å². The number of hydrogen-bond acceptors (Lipinski definition) is 6. The van der Waals surface area contributed by atoms with Crippen molar-refractivity contribution in [3.05, 3.63) is 29.8 Å². The van der Waals surface area contributed by atoms with Crippen LogP contribution in [0.4, 0.5) is 0 Å². The Morgan fingerprint density at radius 2 is 1.81 bits per heavy atom. The lowest BCUT2D eigenvalue weighted by atomic mass is 9.77. The van der Waals surface area contributed by atoms with Crippen LogP contribution in [0.15, 0.2) is 24.3 Å². The molecule has 2 heterocycles. The van der Waals surface area contributed by atoms with E-state index in [2.05, 4.69) is 5.32 Å². The van der Waals surface area contributed by atoms with Gasteiger partial charge in [-0.3, -0.25) is 29.4 Å². The number of aliphatic carboxylic acids is 2. The zero-order valence-corrected chi connectivity index (χ0v) is 17.2. The lowest BCUT2D eigenvalue weighted by Gasteiger charge is -2.34. The molecule has 9 nitrogen and oxygen atoms in total. The number of para-hydroxylation sites is 1. The average molecular weight is 430 g/mol. The number of carboxylic acid groups (broad SMARTS) is 2. The summed E-state index contributed by atoms with van der Waals surface area (Å²) >= 11 is 0. The highest BCUT2D eigenvalue weighted by Crippen LogP contribution is 2.52. The number of hydrogen-bond donors (Lipinski definition) is 3. The van der Waals surface area contributed by atoms with E-state index in [0.717, 1.165) is 19.3 Å². The molecule has 4 rings (SSSR count). The molecule has 3 aliphatic rings. The van der Waals surface area contributed by atoms with E-state index in [0.29, 0.717) is 24.2 Å². The van der Waals surface area contributed by atoms with Crippen LogP contribution in [0.5, 0.6) is 5.75 Å². The van der Waals surface area contributed by atoms with Crippen LogP contribution in [0.3, 0.4) is 0 Å². The molecule has 4 unspecified atom stereocenters. The standard InChI is InChI=1S/C22H26N2O7/c1-31-14-10-6-5-9-13(14)18-16-17(22(23-18,21(29)30)11-15(25)26)20(28)24(19(16)27)12-7-3-2-4-8-12/h5-6,9-10,12,16-18,23H,2-4,7-8,11H2,1H3,(H,25,26)(H,29,30). The molecule has 3 fully saturated rings. The number of nitrogens with zero attached hydrogens (tertiary/aromatic N) is 1. The van der Waals surface area contributed by atoms with Gasteiger partial charge in [-0.05, 0) is 18.9 Å². The molecule has 2 aliphatic heterocycles. The molecule has 1 aliphatic carbocycles. The van der Waals surface area contributed by atoms with Crippen LogP contribution in [-0.2, 0) is 19.2 Å². The van der Waals surface area contributed by atoms with Crippen molar-refractivity contribution in [2.75, 3.05) is 7.11 Å². The number of likely N-dealkylation sites (tertiary alicyclic amines) is 1. The third-order valence-corrected chi connectivity index (χ3v) is 6.91. The van der Waals surface area contributed by atoms with Gasteiger partial charge in [-0.25, -0.2) is 0 Å². The van der Waals surface area contributed by atoms with Crippen molar-refractivity contribution in [1.82, 2.24) is 10.2 Å². The van der Waals surface area contributed by atoms with Crippen LogP contribution in [0, 0.1) is 11.8 Å². The fourth-order valence-corrected chi connectivity index (χ4v) is 5.59. The maximum Gasteiger partial charge on any atom is 0.325 e. The Kier molecular flexibility index (Phi) is 5.47. The van der Waals surface area contributed by atoms with E-state index in [9.17, 15) is 29.4 Å². The third kappa shape index (κ3) is 3.27. The van der Waals surface area contributed by atoms with Gasteiger partial charge in [-0.15, -0.1) is 0 Å². The predicted molar refractivity (Wildman–Crippen MR) is 107 cm³/mol. The summed E-state index contributed by atoms with van der Waals surface area (Å²) in [4.78, 5) is 52.4. The number of carbonyl (C=O) groups excluding carboxylic acids is 2. The molecular formula is C22H26N2O7. The minimum absolute atomic E-state index is 0.269. The molecule has 166 valence electrons. The van der Waals surface area contributed by atoms with Crippen molar-refractivity contribution in [3.8, 4) is 5.75 Å². The highest BCUT2D eigenvalue weighted by molar-refractivity contribution is 6.10. The van der Waals surface area contributed by atoms with Crippen LogP contribution in [0.25, 0.3) is 0 Å². The smallest absolute Gasteiger partial charge is 0.325 e. The fraction of sp³-hybridized carbons (Fsp3) is 0.545. The summed E-state index contributed by atoms with van der Waals surface area (Å²) in [5.74, 6) is -5.70. The number of fused-ring (bicyclic) bond motifs is 1. The maximum atomic E-state index is 13.6. The molecule has 2 saturated heterocycles. The SMILES string of the molecule is COc1ccccc1C1NC(CC(=O)O)(C(=O)O)C2C(=O)N(C3CCCCC3)C(=O)C12. The summed E-state index contributed by atoms with van der Waals surface area (Å²) in [6, 6.07) is 5.73. The Morgan fingerprint density at radius 3 is 2.42 bits per heavy atom. The van der Waals surface area contributed by atoms with E-state index in [-0.39, 0.29) is 6.04 Å². The van der Waals surface area contributed by atoms with Crippen molar-refractivity contribution in [1.29, 1.82) is 0 Å². The molecule has 31 heavy (non-hydrogen) atoms. The first-order valence-corrected chi connectivity index (χ1v) is 10.5. The van der Waals surface area contributed by atoms with E-state index in [1.807, 2.05) is 0 Å². The second-order valence-electron chi connectivity index (χ2n) is 8.55. The summed E-state index contributed by atoms with van der Waals surface area (Å²) in [7, 11) is 1.46. The van der Waals surface area contributed by atoms with Crippen molar-refractivity contribution in [2.45, 2.75) is 56.1 Å². The van der Waals surface area contributed by atoms with Gasteiger partial charge in [0, 0.05) is 17.6 Å². The van der Waals surface area contributed by atoms with Crippen molar-refractivity contribution in [2.24, 2.45) is 11.8 Å². The number of carboxylic acids is 2. The molecule has 0 spiro atoms. The quantitative estimate of drug-likeness (QED) is 0.579. The molecule has 3 N–H and O–H groups in total. The highest BCUT2D eigenvalue weighted by Gasteiger charge is 2.69. The Hall–Kier alpha value is -2.94. The van der Waals surface area contributed by atoms with Gasteiger partial charge < -0.3 is 14.9 Å².